The summed E-state index contributed by atoms with van der Waals surface area (Å²) in [4.78, 5) is 4.12. The number of hydrogen-bond donors (Lipinski definition) is 1. The number of ether oxygens (including phenoxy) is 1. The first-order chi connectivity index (χ1) is 11.3. The van der Waals surface area contributed by atoms with Gasteiger partial charge in [-0.1, -0.05) is 48.5 Å². The zero-order chi connectivity index (χ0) is 16.1. The zero-order valence-electron chi connectivity index (χ0n) is 13.1. The van der Waals surface area contributed by atoms with E-state index in [0.717, 1.165) is 5.56 Å². The summed E-state index contributed by atoms with van der Waals surface area (Å²) in [5.74, 6) is 0.701. The number of aliphatic hydroxyl groups excluding tert-OH is 1. The monoisotopic (exact) mass is 305 g/mol. The van der Waals surface area contributed by atoms with Crippen LogP contribution < -0.4 is 4.74 Å². The minimum Gasteiger partial charge on any atom is -0.487 e. The Balaban J connectivity index is 1.78. The Kier molecular flexibility index (Phi) is 4.69. The number of rotatable bonds is 5. The molecule has 0 bridgehead atoms. The van der Waals surface area contributed by atoms with Crippen molar-refractivity contribution in [1.29, 1.82) is 0 Å². The Hall–Kier alpha value is -2.65. The van der Waals surface area contributed by atoms with Gasteiger partial charge >= 0.3 is 0 Å². The Morgan fingerprint density at radius 3 is 2.48 bits per heavy atom. The summed E-state index contributed by atoms with van der Waals surface area (Å²) in [5.41, 5.74) is 5.44. The molecule has 0 amide bonds. The van der Waals surface area contributed by atoms with Crippen LogP contribution in [0.1, 0.15) is 16.8 Å². The second-order valence-corrected chi connectivity index (χ2v) is 5.39. The molecule has 0 unspecified atom stereocenters. The fourth-order valence-corrected chi connectivity index (χ4v) is 2.52. The van der Waals surface area contributed by atoms with Gasteiger partial charge in [-0.2, -0.15) is 0 Å². The molecule has 1 N–H and O–H groups in total. The van der Waals surface area contributed by atoms with E-state index in [4.69, 9.17) is 9.84 Å². The predicted molar refractivity (Wildman–Crippen MR) is 91.1 cm³/mol. The summed E-state index contributed by atoms with van der Waals surface area (Å²) >= 11 is 0. The number of aromatic nitrogens is 1. The average Bonchev–Trinajstić information content (AvgIpc) is 2.62. The molecule has 3 nitrogen and oxygen atoms in total. The van der Waals surface area contributed by atoms with Crippen LogP contribution in [0.15, 0.2) is 66.9 Å². The lowest BCUT2D eigenvalue weighted by Crippen LogP contribution is -2.00. The van der Waals surface area contributed by atoms with Gasteiger partial charge in [0.05, 0.1) is 18.5 Å². The molecule has 116 valence electrons. The number of hydrogen-bond acceptors (Lipinski definition) is 3. The largest absolute Gasteiger partial charge is 0.487 e. The van der Waals surface area contributed by atoms with Crippen LogP contribution in [0.3, 0.4) is 0 Å². The standard InChI is InChI=1S/C20H19NO2/c1-15-17(14-23-19-11-10-18(13-22)21-12-19)8-5-9-20(15)16-6-3-2-4-7-16/h2-12,22H,13-14H2,1H3. The maximum atomic E-state index is 9.01. The molecule has 2 aromatic carbocycles. The second kappa shape index (κ2) is 7.07. The van der Waals surface area contributed by atoms with E-state index >= 15 is 0 Å². The first-order valence-electron chi connectivity index (χ1n) is 7.60. The summed E-state index contributed by atoms with van der Waals surface area (Å²) in [5, 5.41) is 9.01. The van der Waals surface area contributed by atoms with E-state index in [1.165, 1.54) is 16.7 Å². The van der Waals surface area contributed by atoms with E-state index in [2.05, 4.69) is 42.2 Å². The third-order valence-corrected chi connectivity index (χ3v) is 3.88. The minimum absolute atomic E-state index is 0.0570. The molecule has 1 aromatic heterocycles. The van der Waals surface area contributed by atoms with Crippen LogP contribution in [0.4, 0.5) is 0 Å². The maximum Gasteiger partial charge on any atom is 0.138 e. The Labute approximate surface area is 136 Å². The summed E-state index contributed by atoms with van der Waals surface area (Å²) < 4.78 is 5.82. The van der Waals surface area contributed by atoms with Crippen LogP contribution in [0.5, 0.6) is 5.75 Å². The molecular formula is C20H19NO2. The lowest BCUT2D eigenvalue weighted by atomic mass is 9.97. The van der Waals surface area contributed by atoms with Crippen LogP contribution >= 0.6 is 0 Å². The molecule has 3 aromatic rings. The molecule has 0 fully saturated rings. The molecule has 0 aliphatic carbocycles. The van der Waals surface area contributed by atoms with Crippen LogP contribution in [0, 0.1) is 6.92 Å². The van der Waals surface area contributed by atoms with Gasteiger partial charge in [0.15, 0.2) is 0 Å². The SMILES string of the molecule is Cc1c(COc2ccc(CO)nc2)cccc1-c1ccccc1. The van der Waals surface area contributed by atoms with Gasteiger partial charge in [-0.25, -0.2) is 0 Å². The Bertz CT molecular complexity index is 767. The topological polar surface area (TPSA) is 42.4 Å². The van der Waals surface area contributed by atoms with Crippen molar-refractivity contribution < 1.29 is 9.84 Å². The van der Waals surface area contributed by atoms with Gasteiger partial charge in [-0.3, -0.25) is 4.98 Å². The fourth-order valence-electron chi connectivity index (χ4n) is 2.52. The fraction of sp³-hybridized carbons (Fsp3) is 0.150. The molecule has 0 saturated heterocycles. The van der Waals surface area contributed by atoms with Gasteiger partial charge in [0.2, 0.25) is 0 Å². The average molecular weight is 305 g/mol. The van der Waals surface area contributed by atoms with Crippen molar-refractivity contribution in [3.63, 3.8) is 0 Å². The molecule has 3 heteroatoms. The smallest absolute Gasteiger partial charge is 0.138 e. The first-order valence-corrected chi connectivity index (χ1v) is 7.60. The summed E-state index contributed by atoms with van der Waals surface area (Å²) in [6, 6.07) is 20.2. The predicted octanol–water partition coefficient (Wildman–Crippen LogP) is 4.13. The van der Waals surface area contributed by atoms with E-state index in [0.29, 0.717) is 18.1 Å². The van der Waals surface area contributed by atoms with Crippen molar-refractivity contribution >= 4 is 0 Å². The minimum atomic E-state index is -0.0570. The van der Waals surface area contributed by atoms with Crippen LogP contribution in [0.2, 0.25) is 0 Å². The lowest BCUT2D eigenvalue weighted by molar-refractivity contribution is 0.275. The molecular weight excluding hydrogens is 286 g/mol. The maximum absolute atomic E-state index is 9.01. The Morgan fingerprint density at radius 1 is 0.957 bits per heavy atom. The molecule has 0 aliphatic rings. The normalized spacial score (nSPS) is 10.5. The van der Waals surface area contributed by atoms with E-state index in [9.17, 15) is 0 Å². The van der Waals surface area contributed by atoms with Crippen LogP contribution in [-0.4, -0.2) is 10.1 Å². The van der Waals surface area contributed by atoms with Crippen molar-refractivity contribution in [2.24, 2.45) is 0 Å². The van der Waals surface area contributed by atoms with Crippen molar-refractivity contribution in [1.82, 2.24) is 4.98 Å². The molecule has 23 heavy (non-hydrogen) atoms. The number of benzene rings is 2. The number of pyridine rings is 1. The third-order valence-electron chi connectivity index (χ3n) is 3.88. The van der Waals surface area contributed by atoms with Gasteiger partial charge in [0.1, 0.15) is 12.4 Å². The van der Waals surface area contributed by atoms with E-state index < -0.39 is 0 Å². The van der Waals surface area contributed by atoms with Crippen molar-refractivity contribution in [2.75, 3.05) is 0 Å². The molecule has 0 aliphatic heterocycles. The quantitative estimate of drug-likeness (QED) is 0.770. The third kappa shape index (κ3) is 3.58. The summed E-state index contributed by atoms with van der Waals surface area (Å²) in [6.45, 7) is 2.55. The zero-order valence-corrected chi connectivity index (χ0v) is 13.1. The second-order valence-electron chi connectivity index (χ2n) is 5.39. The van der Waals surface area contributed by atoms with Crippen molar-refractivity contribution in [3.8, 4) is 16.9 Å². The highest BCUT2D eigenvalue weighted by molar-refractivity contribution is 5.68. The molecule has 0 saturated carbocycles. The van der Waals surface area contributed by atoms with Crippen LogP contribution in [0.25, 0.3) is 11.1 Å². The highest BCUT2D eigenvalue weighted by Gasteiger charge is 2.07. The van der Waals surface area contributed by atoms with Gasteiger partial charge in [0, 0.05) is 0 Å². The van der Waals surface area contributed by atoms with Crippen molar-refractivity contribution in [3.05, 3.63) is 83.7 Å². The number of nitrogens with zero attached hydrogens (tertiary/aromatic N) is 1. The van der Waals surface area contributed by atoms with Gasteiger partial charge < -0.3 is 9.84 Å². The van der Waals surface area contributed by atoms with Gasteiger partial charge in [-0.15, -0.1) is 0 Å². The Morgan fingerprint density at radius 2 is 1.78 bits per heavy atom. The summed E-state index contributed by atoms with van der Waals surface area (Å²) in [6.07, 6.45) is 1.64. The van der Waals surface area contributed by atoms with E-state index in [1.54, 1.807) is 12.3 Å². The van der Waals surface area contributed by atoms with Gasteiger partial charge in [0.25, 0.3) is 0 Å². The molecule has 0 atom stereocenters. The molecule has 0 spiro atoms. The van der Waals surface area contributed by atoms with Gasteiger partial charge in [-0.05, 0) is 41.3 Å². The number of aliphatic hydroxyl groups is 1. The van der Waals surface area contributed by atoms with E-state index in [-0.39, 0.29) is 6.61 Å². The molecule has 0 radical (unpaired) electrons. The first kappa shape index (κ1) is 15.3. The van der Waals surface area contributed by atoms with Crippen LogP contribution in [-0.2, 0) is 13.2 Å². The highest BCUT2D eigenvalue weighted by Crippen LogP contribution is 2.26. The summed E-state index contributed by atoms with van der Waals surface area (Å²) in [7, 11) is 0. The molecule has 3 rings (SSSR count). The lowest BCUT2D eigenvalue weighted by Gasteiger charge is -2.13. The highest BCUT2D eigenvalue weighted by atomic mass is 16.5. The van der Waals surface area contributed by atoms with E-state index in [1.807, 2.05) is 24.3 Å². The molecule has 1 heterocycles. The van der Waals surface area contributed by atoms with Crippen molar-refractivity contribution in [2.45, 2.75) is 20.1 Å².